The monoisotopic (exact) mass is 280 g/mol. The van der Waals surface area contributed by atoms with Crippen LogP contribution in [-0.2, 0) is 37.5 Å². The minimum Gasteiger partial charge on any atom is -0.325 e. The van der Waals surface area contributed by atoms with Gasteiger partial charge in [0.05, 0.1) is 0 Å². The zero-order valence-electron chi connectivity index (χ0n) is 9.92. The molecule has 1 saturated carbocycles. The quantitative estimate of drug-likeness (QED) is 0.623. The molecule has 81 valence electrons. The molecule has 0 spiro atoms. The maximum absolute atomic E-state index is 11.7. The Morgan fingerprint density at radius 1 is 1.47 bits per heavy atom. The fourth-order valence-electron chi connectivity index (χ4n) is 2.90. The summed E-state index contributed by atoms with van der Waals surface area (Å²) in [6.07, 6.45) is 7.68. The Bertz CT molecular complexity index is 295. The number of carbonyl (C=O) groups is 1. The van der Waals surface area contributed by atoms with Crippen LogP contribution in [0.25, 0.3) is 0 Å². The molecule has 1 radical (unpaired) electrons. The molecular formula is C13H19OY-. The fourth-order valence-corrected chi connectivity index (χ4v) is 2.90. The molecule has 2 aliphatic carbocycles. The van der Waals surface area contributed by atoms with Crippen molar-refractivity contribution in [2.24, 2.45) is 17.3 Å². The topological polar surface area (TPSA) is 17.1 Å². The molecule has 0 aromatic carbocycles. The van der Waals surface area contributed by atoms with Crippen LogP contribution in [0, 0.1) is 23.7 Å². The first-order valence-corrected chi connectivity index (χ1v) is 5.62. The summed E-state index contributed by atoms with van der Waals surface area (Å²) in [5, 5.41) is 0. The largest absolute Gasteiger partial charge is 0.325 e. The van der Waals surface area contributed by atoms with Crippen molar-refractivity contribution in [2.45, 2.75) is 40.0 Å². The molecule has 2 heteroatoms. The maximum atomic E-state index is 11.7. The smallest absolute Gasteiger partial charge is 0.158 e. The Morgan fingerprint density at radius 3 is 2.80 bits per heavy atom. The molecule has 0 heterocycles. The van der Waals surface area contributed by atoms with Gasteiger partial charge in [0.1, 0.15) is 0 Å². The van der Waals surface area contributed by atoms with Gasteiger partial charge in [0.15, 0.2) is 5.78 Å². The van der Waals surface area contributed by atoms with Gasteiger partial charge in [-0.15, -0.1) is 0 Å². The number of carbonyl (C=O) groups excluding carboxylic acids is 1. The van der Waals surface area contributed by atoms with Crippen LogP contribution in [0.4, 0.5) is 0 Å². The Balaban J connectivity index is 0.00000112. The van der Waals surface area contributed by atoms with E-state index in [1.165, 1.54) is 18.4 Å². The molecule has 2 rings (SSSR count). The predicted molar refractivity (Wildman–Crippen MR) is 57.7 cm³/mol. The Kier molecular flexibility index (Phi) is 4.34. The van der Waals surface area contributed by atoms with E-state index in [-0.39, 0.29) is 38.6 Å². The van der Waals surface area contributed by atoms with E-state index in [9.17, 15) is 4.79 Å². The standard InChI is InChI=1S/C13H19O.Y/c1-9-10(2)13(3)7-5-4-6-11(13)8-12(9)14;/h4,8-10H,5-7H2,1-3H3;/q-1;/t9?,10?,13-;/m1./s1. The van der Waals surface area contributed by atoms with Gasteiger partial charge in [-0.2, -0.15) is 12.8 Å². The second-order valence-corrected chi connectivity index (χ2v) is 5.10. The van der Waals surface area contributed by atoms with Crippen LogP contribution in [-0.4, -0.2) is 5.78 Å². The molecule has 0 saturated heterocycles. The molecule has 0 aromatic rings. The second kappa shape index (κ2) is 4.79. The molecule has 2 aliphatic rings. The van der Waals surface area contributed by atoms with Crippen molar-refractivity contribution in [3.8, 4) is 0 Å². The van der Waals surface area contributed by atoms with E-state index < -0.39 is 0 Å². The number of ketones is 1. The predicted octanol–water partition coefficient (Wildman–Crippen LogP) is 3.16. The SMILES string of the molecule is CC1C(=O)C=C2C[CH-]CC[C@]2(C)C1C.[Y]. The molecule has 15 heavy (non-hydrogen) atoms. The summed E-state index contributed by atoms with van der Waals surface area (Å²) >= 11 is 0. The van der Waals surface area contributed by atoms with Crippen LogP contribution < -0.4 is 0 Å². The third kappa shape index (κ3) is 2.15. The van der Waals surface area contributed by atoms with Crippen molar-refractivity contribution >= 4 is 5.78 Å². The van der Waals surface area contributed by atoms with Gasteiger partial charge >= 0.3 is 0 Å². The van der Waals surface area contributed by atoms with Gasteiger partial charge in [-0.25, -0.2) is 0 Å². The molecule has 0 amide bonds. The average molecular weight is 280 g/mol. The summed E-state index contributed by atoms with van der Waals surface area (Å²) in [4.78, 5) is 11.7. The van der Waals surface area contributed by atoms with E-state index in [1.807, 2.05) is 6.08 Å². The van der Waals surface area contributed by atoms with Gasteiger partial charge in [0.25, 0.3) is 0 Å². The zero-order valence-corrected chi connectivity index (χ0v) is 12.8. The fraction of sp³-hybridized carbons (Fsp3) is 0.692. The third-order valence-corrected chi connectivity index (χ3v) is 4.49. The zero-order chi connectivity index (χ0) is 10.3. The van der Waals surface area contributed by atoms with E-state index in [1.54, 1.807) is 0 Å². The first-order chi connectivity index (χ1) is 6.55. The minimum atomic E-state index is 0. The van der Waals surface area contributed by atoms with Crippen LogP contribution in [0.2, 0.25) is 0 Å². The van der Waals surface area contributed by atoms with Gasteiger partial charge in [-0.05, 0) is 17.4 Å². The van der Waals surface area contributed by atoms with E-state index in [0.29, 0.717) is 17.1 Å². The Morgan fingerprint density at radius 2 is 2.13 bits per heavy atom. The normalized spacial score (nSPS) is 40.2. The molecule has 0 aromatic heterocycles. The molecule has 3 atom stereocenters. The molecule has 0 bridgehead atoms. The van der Waals surface area contributed by atoms with E-state index in [0.717, 1.165) is 6.42 Å². The first-order valence-electron chi connectivity index (χ1n) is 5.62. The van der Waals surface area contributed by atoms with Crippen molar-refractivity contribution in [3.63, 3.8) is 0 Å². The number of hydrogen-bond donors (Lipinski definition) is 0. The average Bonchev–Trinajstić information content (AvgIpc) is 2.17. The summed E-state index contributed by atoms with van der Waals surface area (Å²) in [6.45, 7) is 6.64. The molecule has 0 N–H and O–H groups in total. The van der Waals surface area contributed by atoms with Gasteiger partial charge in [-0.1, -0.05) is 32.8 Å². The number of fused-ring (bicyclic) bond motifs is 1. The van der Waals surface area contributed by atoms with Crippen molar-refractivity contribution in [2.75, 3.05) is 0 Å². The summed E-state index contributed by atoms with van der Waals surface area (Å²) in [5.74, 6) is 1.05. The number of allylic oxidation sites excluding steroid dienone is 2. The van der Waals surface area contributed by atoms with E-state index in [2.05, 4.69) is 27.2 Å². The van der Waals surface area contributed by atoms with Gasteiger partial charge in [-0.3, -0.25) is 4.79 Å². The summed E-state index contributed by atoms with van der Waals surface area (Å²) in [6, 6.07) is 0. The van der Waals surface area contributed by atoms with Crippen LogP contribution in [0.5, 0.6) is 0 Å². The number of rotatable bonds is 0. The van der Waals surface area contributed by atoms with E-state index >= 15 is 0 Å². The van der Waals surface area contributed by atoms with Crippen LogP contribution in [0.15, 0.2) is 11.6 Å². The Labute approximate surface area is 118 Å². The molecule has 0 aliphatic heterocycles. The molecule has 1 nitrogen and oxygen atoms in total. The van der Waals surface area contributed by atoms with Crippen LogP contribution in [0.3, 0.4) is 0 Å². The Hall–Kier alpha value is 0.514. The van der Waals surface area contributed by atoms with Crippen molar-refractivity contribution in [1.29, 1.82) is 0 Å². The molecule has 1 fully saturated rings. The summed E-state index contributed by atoms with van der Waals surface area (Å²) in [5.41, 5.74) is 1.67. The van der Waals surface area contributed by atoms with Crippen molar-refractivity contribution in [3.05, 3.63) is 18.1 Å². The summed E-state index contributed by atoms with van der Waals surface area (Å²) < 4.78 is 0. The molecular weight excluding hydrogens is 261 g/mol. The van der Waals surface area contributed by atoms with Gasteiger partial charge in [0, 0.05) is 38.6 Å². The molecule has 2 unspecified atom stereocenters. The van der Waals surface area contributed by atoms with Gasteiger partial charge < -0.3 is 6.42 Å². The second-order valence-electron chi connectivity index (χ2n) is 5.10. The third-order valence-electron chi connectivity index (χ3n) is 4.49. The van der Waals surface area contributed by atoms with E-state index in [4.69, 9.17) is 0 Å². The summed E-state index contributed by atoms with van der Waals surface area (Å²) in [7, 11) is 0. The van der Waals surface area contributed by atoms with Crippen LogP contribution in [0.1, 0.15) is 40.0 Å². The minimum absolute atomic E-state index is 0. The van der Waals surface area contributed by atoms with Crippen molar-refractivity contribution in [1.82, 2.24) is 0 Å². The van der Waals surface area contributed by atoms with Crippen molar-refractivity contribution < 1.29 is 37.5 Å². The van der Waals surface area contributed by atoms with Crippen LogP contribution >= 0.6 is 0 Å². The maximum Gasteiger partial charge on any atom is 0.158 e. The van der Waals surface area contributed by atoms with Gasteiger partial charge in [0.2, 0.25) is 0 Å². The first kappa shape index (κ1) is 13.6. The number of hydrogen-bond acceptors (Lipinski definition) is 1.